The molecular weight excluding hydrogens is 421 g/mol. The van der Waals surface area contributed by atoms with Crippen LogP contribution in [0.15, 0.2) is 91.0 Å². The molecule has 1 nitrogen and oxygen atoms in total. The molecule has 1 N–H and O–H groups in total. The second-order valence-corrected chi connectivity index (χ2v) is 12.7. The molecule has 0 fully saturated rings. The molecule has 4 heteroatoms. The summed E-state index contributed by atoms with van der Waals surface area (Å²) in [7, 11) is -1.14. The van der Waals surface area contributed by atoms with Crippen LogP contribution >= 0.6 is 14.8 Å². The van der Waals surface area contributed by atoms with Crippen LogP contribution in [0.4, 0.5) is 0 Å². The molecule has 0 heterocycles. The Kier molecular flexibility index (Phi) is 7.27. The predicted molar refractivity (Wildman–Crippen MR) is 105 cm³/mol. The summed E-state index contributed by atoms with van der Waals surface area (Å²) in [6.07, 6.45) is 0.793. The molecule has 0 saturated carbocycles. The fourth-order valence-corrected chi connectivity index (χ4v) is 11.8. The maximum absolute atomic E-state index is 11.2. The Labute approximate surface area is 159 Å². The quantitative estimate of drug-likeness (QED) is 0.462. The largest absolute Gasteiger partial charge is 0.340 e. The van der Waals surface area contributed by atoms with E-state index in [1.807, 2.05) is 18.2 Å². The second-order valence-electron chi connectivity index (χ2n) is 5.33. The van der Waals surface area contributed by atoms with Crippen LogP contribution in [-0.2, 0) is 19.5 Å². The van der Waals surface area contributed by atoms with Crippen LogP contribution in [0.3, 0.4) is 0 Å². The third-order valence-corrected chi connectivity index (χ3v) is 13.4. The summed E-state index contributed by atoms with van der Waals surface area (Å²) in [5.74, 6) is 0. The third-order valence-electron chi connectivity index (χ3n) is 4.02. The summed E-state index contributed by atoms with van der Waals surface area (Å²) in [6.45, 7) is 0.0686. The van der Waals surface area contributed by atoms with Crippen molar-refractivity contribution in [2.45, 2.75) is 6.92 Å². The van der Waals surface area contributed by atoms with E-state index in [2.05, 4.69) is 79.7 Å². The van der Waals surface area contributed by atoms with Crippen LogP contribution in [0.1, 0.15) is 6.92 Å². The molecule has 0 spiro atoms. The molecule has 125 valence electrons. The molecule has 3 aromatic carbocycles. The molecule has 0 aromatic heterocycles. The molecule has 0 aliphatic carbocycles. The van der Waals surface area contributed by atoms with E-state index in [1.165, 1.54) is 15.9 Å². The summed E-state index contributed by atoms with van der Waals surface area (Å²) >= 11 is 0. The summed E-state index contributed by atoms with van der Waals surface area (Å²) in [4.78, 5) is 11.2. The van der Waals surface area contributed by atoms with E-state index < -0.39 is 14.8 Å². The minimum absolute atomic E-state index is 0. The first-order valence-corrected chi connectivity index (χ1v) is 11.8. The molecule has 1 radical (unpaired) electrons. The van der Waals surface area contributed by atoms with Gasteiger partial charge in [0.1, 0.15) is 15.9 Å². The van der Waals surface area contributed by atoms with Crippen molar-refractivity contribution in [1.82, 2.24) is 0 Å². The number of benzene rings is 3. The van der Waals surface area contributed by atoms with Gasteiger partial charge in [-0.05, 0) is 36.4 Å². The smallest absolute Gasteiger partial charge is 0.207 e. The Morgan fingerprint density at radius 2 is 0.958 bits per heavy atom. The Hall–Kier alpha value is -0.897. The van der Waals surface area contributed by atoms with E-state index in [0.29, 0.717) is 0 Å². The SMILES string of the molecule is CCP(O)[P+](c1ccccc1)(c1ccccc1)c1ccccc1.[Rh]. The van der Waals surface area contributed by atoms with Gasteiger partial charge in [0, 0.05) is 25.6 Å². The van der Waals surface area contributed by atoms with Crippen molar-refractivity contribution in [2.75, 3.05) is 6.16 Å². The molecule has 0 saturated heterocycles. The van der Waals surface area contributed by atoms with Crippen LogP contribution in [-0.4, -0.2) is 11.1 Å². The average Bonchev–Trinajstić information content (AvgIpc) is 2.65. The van der Waals surface area contributed by atoms with Crippen LogP contribution < -0.4 is 15.9 Å². The van der Waals surface area contributed by atoms with Crippen molar-refractivity contribution >= 4 is 30.7 Å². The molecule has 0 amide bonds. The van der Waals surface area contributed by atoms with Crippen LogP contribution in [0, 0.1) is 0 Å². The summed E-state index contributed by atoms with van der Waals surface area (Å²) in [5, 5.41) is 3.77. The minimum Gasteiger partial charge on any atom is -0.340 e. The molecule has 0 bridgehead atoms. The van der Waals surface area contributed by atoms with Crippen LogP contribution in [0.2, 0.25) is 0 Å². The summed E-state index contributed by atoms with van der Waals surface area (Å²) in [5.41, 5.74) is 0. The van der Waals surface area contributed by atoms with Crippen molar-refractivity contribution < 1.29 is 24.4 Å². The van der Waals surface area contributed by atoms with E-state index in [0.717, 1.165) is 6.16 Å². The molecule has 3 rings (SSSR count). The van der Waals surface area contributed by atoms with Gasteiger partial charge in [-0.3, -0.25) is 0 Å². The minimum atomic E-state index is -2.02. The number of hydrogen-bond donors (Lipinski definition) is 1. The number of hydrogen-bond acceptors (Lipinski definition) is 1. The van der Waals surface area contributed by atoms with Crippen LogP contribution in [0.25, 0.3) is 0 Å². The van der Waals surface area contributed by atoms with Gasteiger partial charge < -0.3 is 4.89 Å². The molecule has 1 atom stereocenters. The standard InChI is InChI=1S/C20H21OP2.Rh/c1-2-22(21)23(18-12-6-3-7-13-18,19-14-8-4-9-15-19)20-16-10-5-11-17-20;/h3-17,21H,2H2,1H3;/q+1;. The molecule has 24 heavy (non-hydrogen) atoms. The zero-order valence-electron chi connectivity index (χ0n) is 13.5. The topological polar surface area (TPSA) is 20.2 Å². The normalized spacial score (nSPS) is 12.2. The zero-order valence-corrected chi connectivity index (χ0v) is 17.0. The van der Waals surface area contributed by atoms with Gasteiger partial charge in [-0.2, -0.15) is 0 Å². The predicted octanol–water partition coefficient (Wildman–Crippen LogP) is 4.30. The van der Waals surface area contributed by atoms with Crippen molar-refractivity contribution in [3.63, 3.8) is 0 Å². The summed E-state index contributed by atoms with van der Waals surface area (Å²) in [6, 6.07) is 31.6. The van der Waals surface area contributed by atoms with E-state index in [1.54, 1.807) is 0 Å². The first-order chi connectivity index (χ1) is 11.3. The first-order valence-electron chi connectivity index (χ1n) is 7.83. The van der Waals surface area contributed by atoms with Gasteiger partial charge in [0.2, 0.25) is 7.84 Å². The number of rotatable bonds is 5. The third kappa shape index (κ3) is 3.54. The van der Waals surface area contributed by atoms with E-state index in [-0.39, 0.29) is 19.5 Å². The monoisotopic (exact) mass is 442 g/mol. The Bertz CT molecular complexity index is 639. The maximum atomic E-state index is 11.2. The molecule has 1 unspecified atom stereocenters. The van der Waals surface area contributed by atoms with Gasteiger partial charge in [-0.15, -0.1) is 0 Å². The Balaban J connectivity index is 0.00000208. The summed E-state index contributed by atoms with van der Waals surface area (Å²) < 4.78 is 0. The molecular formula is C20H21OP2Rh+. The van der Waals surface area contributed by atoms with E-state index in [9.17, 15) is 4.89 Å². The molecule has 3 aromatic rings. The van der Waals surface area contributed by atoms with Crippen molar-refractivity contribution in [3.05, 3.63) is 91.0 Å². The fraction of sp³-hybridized carbons (Fsp3) is 0.100. The van der Waals surface area contributed by atoms with Gasteiger partial charge in [0.25, 0.3) is 0 Å². The maximum Gasteiger partial charge on any atom is 0.207 e. The Morgan fingerprint density at radius 1 is 0.667 bits per heavy atom. The van der Waals surface area contributed by atoms with Crippen molar-refractivity contribution in [3.8, 4) is 0 Å². The van der Waals surface area contributed by atoms with Crippen molar-refractivity contribution in [2.24, 2.45) is 0 Å². The first kappa shape index (κ1) is 19.4. The van der Waals surface area contributed by atoms with Crippen molar-refractivity contribution in [1.29, 1.82) is 0 Å². The molecule has 0 aliphatic rings. The van der Waals surface area contributed by atoms with Gasteiger partial charge in [0.15, 0.2) is 6.95 Å². The van der Waals surface area contributed by atoms with Gasteiger partial charge in [-0.1, -0.05) is 61.5 Å². The van der Waals surface area contributed by atoms with E-state index in [4.69, 9.17) is 0 Å². The average molecular weight is 442 g/mol. The zero-order chi connectivity index (χ0) is 16.1. The van der Waals surface area contributed by atoms with Gasteiger partial charge in [0.05, 0.1) is 0 Å². The molecule has 0 aliphatic heterocycles. The van der Waals surface area contributed by atoms with E-state index >= 15 is 0 Å². The Morgan fingerprint density at radius 3 is 1.21 bits per heavy atom. The van der Waals surface area contributed by atoms with Crippen LogP contribution in [0.5, 0.6) is 0 Å². The van der Waals surface area contributed by atoms with Gasteiger partial charge >= 0.3 is 0 Å². The fourth-order valence-electron chi connectivity index (χ4n) is 2.99. The second kappa shape index (κ2) is 8.98. The van der Waals surface area contributed by atoms with Gasteiger partial charge in [-0.25, -0.2) is 0 Å².